The van der Waals surface area contributed by atoms with E-state index in [1.807, 2.05) is 52.0 Å². The Morgan fingerprint density at radius 3 is 1.22 bits per heavy atom. The molecule has 0 bridgehead atoms. The standard InChI is InChI=1S/C21H24Br2N2O2/c1-11-7-15(22)8-12(2)17(11)24-19(26)21(5,6)20(27)25-18-13(3)9-16(23)10-14(18)4/h7-10H,1-6H3,(H,24,26)(H,25,27). The Morgan fingerprint density at radius 1 is 0.704 bits per heavy atom. The molecular formula is C21H24Br2N2O2. The number of hydrogen-bond acceptors (Lipinski definition) is 2. The van der Waals surface area contributed by atoms with Crippen molar-refractivity contribution >= 4 is 55.0 Å². The zero-order valence-electron chi connectivity index (χ0n) is 16.4. The summed E-state index contributed by atoms with van der Waals surface area (Å²) in [5.41, 5.74) is 3.98. The molecule has 0 spiro atoms. The number of carbonyl (C=O) groups excluding carboxylic acids is 2. The van der Waals surface area contributed by atoms with Gasteiger partial charge in [0.15, 0.2) is 0 Å². The predicted molar refractivity (Wildman–Crippen MR) is 118 cm³/mol. The van der Waals surface area contributed by atoms with Crippen LogP contribution in [-0.2, 0) is 9.59 Å². The van der Waals surface area contributed by atoms with E-state index in [1.54, 1.807) is 13.8 Å². The van der Waals surface area contributed by atoms with Crippen LogP contribution in [0, 0.1) is 33.1 Å². The van der Waals surface area contributed by atoms with Crippen molar-refractivity contribution in [1.29, 1.82) is 0 Å². The first-order valence-corrected chi connectivity index (χ1v) is 10.2. The minimum atomic E-state index is -1.24. The van der Waals surface area contributed by atoms with Gasteiger partial charge in [0.25, 0.3) is 0 Å². The first-order valence-electron chi connectivity index (χ1n) is 8.60. The number of halogens is 2. The molecule has 0 aromatic heterocycles. The summed E-state index contributed by atoms with van der Waals surface area (Å²) in [5.74, 6) is -0.693. The molecule has 0 atom stereocenters. The molecule has 0 heterocycles. The van der Waals surface area contributed by atoms with Crippen LogP contribution in [0.25, 0.3) is 0 Å². The first-order chi connectivity index (χ1) is 12.4. The number of amides is 2. The van der Waals surface area contributed by atoms with E-state index in [0.717, 1.165) is 42.6 Å². The summed E-state index contributed by atoms with van der Waals surface area (Å²) >= 11 is 6.90. The van der Waals surface area contributed by atoms with Crippen molar-refractivity contribution < 1.29 is 9.59 Å². The van der Waals surface area contributed by atoms with Crippen LogP contribution in [0.15, 0.2) is 33.2 Å². The molecule has 2 N–H and O–H groups in total. The van der Waals surface area contributed by atoms with E-state index in [1.165, 1.54) is 0 Å². The minimum absolute atomic E-state index is 0.346. The Balaban J connectivity index is 2.25. The summed E-state index contributed by atoms with van der Waals surface area (Å²) in [7, 11) is 0. The zero-order chi connectivity index (χ0) is 20.5. The molecule has 0 saturated heterocycles. The van der Waals surface area contributed by atoms with Crippen LogP contribution >= 0.6 is 31.9 Å². The van der Waals surface area contributed by atoms with Crippen LogP contribution in [0.1, 0.15) is 36.1 Å². The topological polar surface area (TPSA) is 58.2 Å². The lowest BCUT2D eigenvalue weighted by molar-refractivity contribution is -0.135. The Bertz CT molecular complexity index is 801. The number of carbonyl (C=O) groups is 2. The van der Waals surface area contributed by atoms with Crippen LogP contribution in [-0.4, -0.2) is 11.8 Å². The third-order valence-corrected chi connectivity index (χ3v) is 5.52. The third-order valence-electron chi connectivity index (χ3n) is 4.61. The highest BCUT2D eigenvalue weighted by atomic mass is 79.9. The van der Waals surface area contributed by atoms with Crippen molar-refractivity contribution in [2.45, 2.75) is 41.5 Å². The Hall–Kier alpha value is -1.66. The van der Waals surface area contributed by atoms with Gasteiger partial charge < -0.3 is 10.6 Å². The van der Waals surface area contributed by atoms with Gasteiger partial charge in [0.2, 0.25) is 11.8 Å². The fraction of sp³-hybridized carbons (Fsp3) is 0.333. The van der Waals surface area contributed by atoms with Crippen molar-refractivity contribution in [3.63, 3.8) is 0 Å². The van der Waals surface area contributed by atoms with E-state index in [9.17, 15) is 9.59 Å². The quantitative estimate of drug-likeness (QED) is 0.507. The molecule has 144 valence electrons. The number of hydrogen-bond donors (Lipinski definition) is 2. The van der Waals surface area contributed by atoms with Gasteiger partial charge in [-0.25, -0.2) is 0 Å². The van der Waals surface area contributed by atoms with Crippen LogP contribution < -0.4 is 10.6 Å². The van der Waals surface area contributed by atoms with Crippen LogP contribution in [0.4, 0.5) is 11.4 Å². The molecule has 0 unspecified atom stereocenters. The molecule has 2 aromatic carbocycles. The van der Waals surface area contributed by atoms with E-state index in [-0.39, 0.29) is 11.8 Å². The molecule has 0 aliphatic rings. The zero-order valence-corrected chi connectivity index (χ0v) is 19.6. The Morgan fingerprint density at radius 2 is 0.963 bits per heavy atom. The van der Waals surface area contributed by atoms with Crippen molar-refractivity contribution in [2.24, 2.45) is 5.41 Å². The fourth-order valence-corrected chi connectivity index (χ4v) is 4.23. The lowest BCUT2D eigenvalue weighted by Gasteiger charge is -2.25. The summed E-state index contributed by atoms with van der Waals surface area (Å²) in [5, 5.41) is 5.85. The summed E-state index contributed by atoms with van der Waals surface area (Å²) < 4.78 is 1.90. The lowest BCUT2D eigenvalue weighted by atomic mass is 9.90. The molecule has 0 fully saturated rings. The average Bonchev–Trinajstić information content (AvgIpc) is 2.53. The molecule has 2 rings (SSSR count). The van der Waals surface area contributed by atoms with Crippen LogP contribution in [0.2, 0.25) is 0 Å². The van der Waals surface area contributed by atoms with Crippen molar-refractivity contribution in [2.75, 3.05) is 10.6 Å². The summed E-state index contributed by atoms with van der Waals surface area (Å²) in [6, 6.07) is 7.74. The maximum Gasteiger partial charge on any atom is 0.239 e. The number of benzene rings is 2. The monoisotopic (exact) mass is 494 g/mol. The number of nitrogens with one attached hydrogen (secondary N) is 2. The molecule has 0 aliphatic carbocycles. The molecule has 0 radical (unpaired) electrons. The van der Waals surface area contributed by atoms with Gasteiger partial charge in [-0.3, -0.25) is 9.59 Å². The van der Waals surface area contributed by atoms with E-state index in [2.05, 4.69) is 42.5 Å². The SMILES string of the molecule is Cc1cc(Br)cc(C)c1NC(=O)C(C)(C)C(=O)Nc1c(C)cc(Br)cc1C. The van der Waals surface area contributed by atoms with E-state index >= 15 is 0 Å². The van der Waals surface area contributed by atoms with Gasteiger partial charge in [-0.05, 0) is 88.1 Å². The highest BCUT2D eigenvalue weighted by molar-refractivity contribution is 9.10. The van der Waals surface area contributed by atoms with Gasteiger partial charge >= 0.3 is 0 Å². The third kappa shape index (κ3) is 4.79. The fourth-order valence-electron chi connectivity index (χ4n) is 2.86. The highest BCUT2D eigenvalue weighted by Crippen LogP contribution is 2.30. The van der Waals surface area contributed by atoms with Gasteiger partial charge in [-0.15, -0.1) is 0 Å². The largest absolute Gasteiger partial charge is 0.325 e. The van der Waals surface area contributed by atoms with Gasteiger partial charge in [0.05, 0.1) is 0 Å². The van der Waals surface area contributed by atoms with E-state index in [4.69, 9.17) is 0 Å². The van der Waals surface area contributed by atoms with Crippen molar-refractivity contribution in [1.82, 2.24) is 0 Å². The normalized spacial score (nSPS) is 11.3. The molecule has 2 aromatic rings. The van der Waals surface area contributed by atoms with Gasteiger partial charge in [-0.1, -0.05) is 31.9 Å². The van der Waals surface area contributed by atoms with Gasteiger partial charge in [0.1, 0.15) is 5.41 Å². The van der Waals surface area contributed by atoms with Gasteiger partial charge in [0, 0.05) is 20.3 Å². The summed E-state index contributed by atoms with van der Waals surface area (Å²) in [6.07, 6.45) is 0. The second kappa shape index (κ2) is 8.15. The van der Waals surface area contributed by atoms with Gasteiger partial charge in [-0.2, -0.15) is 0 Å². The molecule has 0 aliphatic heterocycles. The maximum absolute atomic E-state index is 12.9. The summed E-state index contributed by atoms with van der Waals surface area (Å²) in [6.45, 7) is 11.0. The maximum atomic E-state index is 12.9. The second-order valence-corrected chi connectivity index (χ2v) is 9.19. The molecule has 2 amide bonds. The Labute approximate surface area is 177 Å². The number of anilines is 2. The average molecular weight is 496 g/mol. The number of rotatable bonds is 4. The highest BCUT2D eigenvalue weighted by Gasteiger charge is 2.37. The molecule has 0 saturated carbocycles. The Kier molecular flexibility index (Phi) is 6.53. The predicted octanol–water partition coefficient (Wildman–Crippen LogP) is 6.05. The van der Waals surface area contributed by atoms with Crippen molar-refractivity contribution in [3.05, 3.63) is 55.5 Å². The van der Waals surface area contributed by atoms with Crippen LogP contribution in [0.5, 0.6) is 0 Å². The lowest BCUT2D eigenvalue weighted by Crippen LogP contribution is -2.42. The summed E-state index contributed by atoms with van der Waals surface area (Å²) in [4.78, 5) is 25.8. The minimum Gasteiger partial charge on any atom is -0.325 e. The first kappa shape index (κ1) is 21.6. The smallest absolute Gasteiger partial charge is 0.239 e. The molecular weight excluding hydrogens is 472 g/mol. The second-order valence-electron chi connectivity index (χ2n) is 7.36. The molecule has 6 heteroatoms. The van der Waals surface area contributed by atoms with Crippen LogP contribution in [0.3, 0.4) is 0 Å². The van der Waals surface area contributed by atoms with E-state index < -0.39 is 5.41 Å². The molecule has 4 nitrogen and oxygen atoms in total. The molecule has 27 heavy (non-hydrogen) atoms. The number of aryl methyl sites for hydroxylation is 4. The van der Waals surface area contributed by atoms with Crippen molar-refractivity contribution in [3.8, 4) is 0 Å². The van der Waals surface area contributed by atoms with E-state index in [0.29, 0.717) is 0 Å².